The molecular weight excluding hydrogens is 445 g/mol. The van der Waals surface area contributed by atoms with Crippen molar-refractivity contribution in [3.05, 3.63) is 59.9 Å². The van der Waals surface area contributed by atoms with E-state index < -0.39 is 11.7 Å². The topological polar surface area (TPSA) is 58.5 Å². The predicted octanol–water partition coefficient (Wildman–Crippen LogP) is 4.11. The maximum atomic E-state index is 12.8. The number of anilines is 3. The van der Waals surface area contributed by atoms with E-state index in [1.807, 2.05) is 0 Å². The van der Waals surface area contributed by atoms with Crippen molar-refractivity contribution >= 4 is 17.3 Å². The molecule has 0 unspecified atom stereocenters. The highest BCUT2D eigenvalue weighted by molar-refractivity contribution is 5.64. The lowest BCUT2D eigenvalue weighted by molar-refractivity contribution is -0.137. The Morgan fingerprint density at radius 3 is 2.35 bits per heavy atom. The zero-order valence-electron chi connectivity index (χ0n) is 18.9. The first-order valence-electron chi connectivity index (χ1n) is 11.5. The van der Waals surface area contributed by atoms with Gasteiger partial charge in [-0.3, -0.25) is 4.90 Å². The normalized spacial score (nSPS) is 17.6. The van der Waals surface area contributed by atoms with Crippen LogP contribution in [0.4, 0.5) is 30.5 Å². The summed E-state index contributed by atoms with van der Waals surface area (Å²) in [5, 5.41) is 7.64. The number of alkyl halides is 3. The fraction of sp³-hybridized carbons (Fsp3) is 0.417. The lowest BCUT2D eigenvalue weighted by atomic mass is 10.1. The van der Waals surface area contributed by atoms with Gasteiger partial charge in [0.2, 0.25) is 5.95 Å². The van der Waals surface area contributed by atoms with Crippen LogP contribution >= 0.6 is 0 Å². The van der Waals surface area contributed by atoms with Crippen molar-refractivity contribution in [1.29, 1.82) is 0 Å². The van der Waals surface area contributed by atoms with E-state index in [0.717, 1.165) is 69.3 Å². The summed E-state index contributed by atoms with van der Waals surface area (Å²) in [6, 6.07) is 11.8. The molecule has 2 aliphatic rings. The van der Waals surface area contributed by atoms with E-state index in [2.05, 4.69) is 50.3 Å². The van der Waals surface area contributed by atoms with Crippen molar-refractivity contribution in [1.82, 2.24) is 19.7 Å². The van der Waals surface area contributed by atoms with Gasteiger partial charge in [0.15, 0.2) is 0 Å². The zero-order chi connectivity index (χ0) is 23.7. The molecule has 10 heteroatoms. The number of benzene rings is 2. The Kier molecular flexibility index (Phi) is 6.18. The average molecular weight is 473 g/mol. The molecule has 3 aromatic rings. The summed E-state index contributed by atoms with van der Waals surface area (Å²) < 4.78 is 45.2. The molecule has 0 radical (unpaired) electrons. The van der Waals surface area contributed by atoms with Gasteiger partial charge in [-0.1, -0.05) is 6.92 Å². The molecule has 5 rings (SSSR count). The van der Waals surface area contributed by atoms with Crippen molar-refractivity contribution in [2.24, 2.45) is 0 Å². The number of ether oxygens (including phenoxy) is 1. The van der Waals surface area contributed by atoms with Crippen LogP contribution in [0.1, 0.15) is 18.1 Å². The number of hydrogen-bond donors (Lipinski definition) is 1. The summed E-state index contributed by atoms with van der Waals surface area (Å²) in [5.74, 6) is 0.383. The van der Waals surface area contributed by atoms with Crippen LogP contribution in [-0.2, 0) is 17.3 Å². The van der Waals surface area contributed by atoms with Gasteiger partial charge in [-0.2, -0.15) is 18.2 Å². The van der Waals surface area contributed by atoms with Crippen LogP contribution in [0, 0.1) is 0 Å². The van der Waals surface area contributed by atoms with Gasteiger partial charge in [0, 0.05) is 37.6 Å². The fourth-order valence-corrected chi connectivity index (χ4v) is 4.29. The van der Waals surface area contributed by atoms with Gasteiger partial charge >= 0.3 is 6.18 Å². The number of nitrogens with zero attached hydrogens (tertiary/aromatic N) is 5. The molecule has 3 heterocycles. The maximum absolute atomic E-state index is 12.8. The third-order valence-corrected chi connectivity index (χ3v) is 6.41. The smallest absolute Gasteiger partial charge is 0.378 e. The first kappa shape index (κ1) is 22.7. The summed E-state index contributed by atoms with van der Waals surface area (Å²) in [5.41, 5.74) is 3.06. The molecule has 0 bridgehead atoms. The zero-order valence-corrected chi connectivity index (χ0v) is 18.9. The highest BCUT2D eigenvalue weighted by Gasteiger charge is 2.30. The molecule has 0 atom stereocenters. The molecule has 0 amide bonds. The molecular formula is C24H27F3N6O. The van der Waals surface area contributed by atoms with Gasteiger partial charge in [0.05, 0.1) is 30.5 Å². The lowest BCUT2D eigenvalue weighted by Gasteiger charge is -2.43. The Morgan fingerprint density at radius 2 is 1.74 bits per heavy atom. The molecule has 1 aromatic heterocycles. The second-order valence-electron chi connectivity index (χ2n) is 8.64. The number of nitrogens with one attached hydrogen (secondary N) is 1. The van der Waals surface area contributed by atoms with Gasteiger partial charge in [-0.05, 0) is 54.4 Å². The van der Waals surface area contributed by atoms with Gasteiger partial charge in [-0.25, -0.2) is 4.68 Å². The van der Waals surface area contributed by atoms with Gasteiger partial charge in [-0.15, -0.1) is 5.10 Å². The van der Waals surface area contributed by atoms with E-state index in [0.29, 0.717) is 17.7 Å². The van der Waals surface area contributed by atoms with Crippen LogP contribution in [-0.4, -0.2) is 65.1 Å². The number of rotatable bonds is 6. The second kappa shape index (κ2) is 9.27. The first-order chi connectivity index (χ1) is 16.4. The number of aromatic nitrogens is 3. The number of hydrogen-bond acceptors (Lipinski definition) is 6. The van der Waals surface area contributed by atoms with Gasteiger partial charge < -0.3 is 15.0 Å². The van der Waals surface area contributed by atoms with E-state index in [1.165, 1.54) is 28.7 Å². The minimum atomic E-state index is -4.37. The van der Waals surface area contributed by atoms with Crippen molar-refractivity contribution in [3.63, 3.8) is 0 Å². The van der Waals surface area contributed by atoms with E-state index in [-0.39, 0.29) is 0 Å². The summed E-state index contributed by atoms with van der Waals surface area (Å²) in [7, 11) is 0. The minimum Gasteiger partial charge on any atom is -0.378 e. The predicted molar refractivity (Wildman–Crippen MR) is 124 cm³/mol. The largest absolute Gasteiger partial charge is 0.416 e. The lowest BCUT2D eigenvalue weighted by Crippen LogP contribution is -2.56. The Bertz CT molecular complexity index is 1120. The summed E-state index contributed by atoms with van der Waals surface area (Å²) in [6.07, 6.45) is -1.98. The molecule has 2 aliphatic heterocycles. The Labute approximate surface area is 196 Å². The molecule has 34 heavy (non-hydrogen) atoms. The maximum Gasteiger partial charge on any atom is 0.416 e. The third-order valence-electron chi connectivity index (χ3n) is 6.41. The van der Waals surface area contributed by atoms with E-state index in [4.69, 9.17) is 4.74 Å². The Hall–Kier alpha value is -3.11. The Morgan fingerprint density at radius 1 is 1.00 bits per heavy atom. The van der Waals surface area contributed by atoms with Crippen molar-refractivity contribution in [2.75, 3.05) is 49.6 Å². The molecule has 1 N–H and O–H groups in total. The van der Waals surface area contributed by atoms with Crippen LogP contribution in [0.3, 0.4) is 0 Å². The third kappa shape index (κ3) is 4.88. The molecule has 7 nitrogen and oxygen atoms in total. The van der Waals surface area contributed by atoms with Crippen LogP contribution < -0.4 is 10.2 Å². The van der Waals surface area contributed by atoms with Gasteiger partial charge in [0.25, 0.3) is 0 Å². The molecule has 2 saturated heterocycles. The average Bonchev–Trinajstić information content (AvgIpc) is 3.26. The molecule has 2 aromatic carbocycles. The SMILES string of the molecule is CCc1cc(Nc2ncn(-c3ccc(C(F)(F)F)cc3)n2)cc(N2CCN(C3COC3)CC2)c1. The van der Waals surface area contributed by atoms with E-state index in [1.54, 1.807) is 0 Å². The van der Waals surface area contributed by atoms with Crippen molar-refractivity contribution < 1.29 is 17.9 Å². The monoisotopic (exact) mass is 472 g/mol. The molecule has 180 valence electrons. The van der Waals surface area contributed by atoms with Crippen LogP contribution in [0.25, 0.3) is 5.69 Å². The minimum absolute atomic E-state index is 0.383. The molecule has 2 fully saturated rings. The molecule has 0 aliphatic carbocycles. The summed E-state index contributed by atoms with van der Waals surface area (Å²) >= 11 is 0. The van der Waals surface area contributed by atoms with E-state index in [9.17, 15) is 13.2 Å². The van der Waals surface area contributed by atoms with E-state index >= 15 is 0 Å². The number of aryl methyl sites for hydroxylation is 1. The molecule has 0 spiro atoms. The number of halogens is 3. The quantitative estimate of drug-likeness (QED) is 0.583. The summed E-state index contributed by atoms with van der Waals surface area (Å²) in [6.45, 7) is 7.76. The first-order valence-corrected chi connectivity index (χ1v) is 11.5. The van der Waals surface area contributed by atoms with Crippen LogP contribution in [0.2, 0.25) is 0 Å². The summed E-state index contributed by atoms with van der Waals surface area (Å²) in [4.78, 5) is 9.19. The fourth-order valence-electron chi connectivity index (χ4n) is 4.29. The molecule has 0 saturated carbocycles. The van der Waals surface area contributed by atoms with Crippen molar-refractivity contribution in [2.45, 2.75) is 25.6 Å². The second-order valence-corrected chi connectivity index (χ2v) is 8.64. The highest BCUT2D eigenvalue weighted by atomic mass is 19.4. The van der Waals surface area contributed by atoms with Crippen LogP contribution in [0.15, 0.2) is 48.8 Å². The number of piperazine rings is 1. The van der Waals surface area contributed by atoms with Gasteiger partial charge in [0.1, 0.15) is 6.33 Å². The van der Waals surface area contributed by atoms with Crippen molar-refractivity contribution in [3.8, 4) is 5.69 Å². The standard InChI is InChI=1S/C24H27F3N6O/c1-2-17-11-19(13-21(12-17)31-7-9-32(10-8-31)22-14-34-15-22)29-23-28-16-33(30-23)20-5-3-18(4-6-20)24(25,26)27/h3-6,11-13,16,22H,2,7-10,14-15H2,1H3,(H,29,30). The van der Waals surface area contributed by atoms with Crippen LogP contribution in [0.5, 0.6) is 0 Å². The Balaban J connectivity index is 1.29. The highest BCUT2D eigenvalue weighted by Crippen LogP contribution is 2.30.